The minimum Gasteiger partial charge on any atom is -0.480 e. The second-order valence-electron chi connectivity index (χ2n) is 1.61. The summed E-state index contributed by atoms with van der Waals surface area (Å²) in [6, 6.07) is 0. The molecule has 0 heterocycles. The zero-order valence-corrected chi connectivity index (χ0v) is 6.23. The summed E-state index contributed by atoms with van der Waals surface area (Å²) in [5.74, 6) is -0.827. The second kappa shape index (κ2) is 4.48. The van der Waals surface area contributed by atoms with Crippen molar-refractivity contribution in [2.45, 2.75) is 0 Å². The summed E-state index contributed by atoms with van der Waals surface area (Å²) in [5.41, 5.74) is 0. The molecule has 0 spiro atoms. The first-order chi connectivity index (χ1) is 4.16. The van der Waals surface area contributed by atoms with Gasteiger partial charge in [0.05, 0.1) is 0 Å². The van der Waals surface area contributed by atoms with E-state index >= 15 is 0 Å². The highest BCUT2D eigenvalue weighted by molar-refractivity contribution is 7.13. The fraction of sp³-hybridized carbons (Fsp3) is 0.400. The molecule has 0 saturated carbocycles. The molecule has 0 aliphatic rings. The third kappa shape index (κ3) is 5.47. The maximum atomic E-state index is 10.00. The van der Waals surface area contributed by atoms with E-state index in [1.165, 1.54) is 0 Å². The van der Waals surface area contributed by atoms with Crippen molar-refractivity contribution in [3.63, 3.8) is 0 Å². The Balaban J connectivity index is 3.37. The summed E-state index contributed by atoms with van der Waals surface area (Å²) in [5, 5.41) is 8.22. The monoisotopic (exact) mass is 147 g/mol. The molecule has 1 unspecified atom stereocenters. The van der Waals surface area contributed by atoms with Crippen LogP contribution < -0.4 is 0 Å². The number of carbonyl (C=O) groups is 1. The Kier molecular flexibility index (Phi) is 4.28. The third-order valence-corrected chi connectivity index (χ3v) is 1.10. The van der Waals surface area contributed by atoms with Crippen molar-refractivity contribution in [1.82, 2.24) is 4.67 Å². The molecule has 52 valence electrons. The Labute approximate surface area is 56.6 Å². The van der Waals surface area contributed by atoms with Crippen molar-refractivity contribution in [3.8, 4) is 0 Å². The summed E-state index contributed by atoms with van der Waals surface area (Å²) in [7, 11) is 2.30. The molecule has 9 heavy (non-hydrogen) atoms. The number of carboxylic acids is 1. The molecule has 0 amide bonds. The van der Waals surface area contributed by atoms with Crippen LogP contribution in [0.3, 0.4) is 0 Å². The van der Waals surface area contributed by atoms with Gasteiger partial charge < -0.3 is 5.11 Å². The van der Waals surface area contributed by atoms with Crippen molar-refractivity contribution >= 4 is 15.4 Å². The zero-order valence-electron chi connectivity index (χ0n) is 5.08. The second-order valence-corrected chi connectivity index (χ2v) is 2.34. The Hall–Kier alpha value is -0.400. The highest BCUT2D eigenvalue weighted by Gasteiger charge is 1.99. The quantitative estimate of drug-likeness (QED) is 0.460. The molecule has 0 aromatic rings. The van der Waals surface area contributed by atoms with Gasteiger partial charge in [-0.05, 0) is 0 Å². The molecule has 0 radical (unpaired) electrons. The molecule has 1 N–H and O–H groups in total. The normalized spacial score (nSPS) is 9.56. The zero-order chi connectivity index (χ0) is 7.28. The number of hydrogen-bond donors (Lipinski definition) is 1. The minimum absolute atomic E-state index is 0.0384. The van der Waals surface area contributed by atoms with Gasteiger partial charge in [0.25, 0.3) is 0 Å². The van der Waals surface area contributed by atoms with E-state index in [1.54, 1.807) is 10.7 Å². The highest BCUT2D eigenvalue weighted by Crippen LogP contribution is 1.95. The summed E-state index contributed by atoms with van der Waals surface area (Å²) >= 11 is 0. The van der Waals surface area contributed by atoms with Crippen LogP contribution in [0, 0.1) is 0 Å². The molecule has 0 aliphatic carbocycles. The molecule has 0 bridgehead atoms. The number of aliphatic carboxylic acids is 1. The number of carboxylic acid groups (broad SMARTS) is 1. The first-order valence-electron chi connectivity index (χ1n) is 2.49. The fourth-order valence-corrected chi connectivity index (χ4v) is 0.709. The van der Waals surface area contributed by atoms with Crippen LogP contribution >= 0.6 is 9.39 Å². The SMILES string of the molecule is C=CCN(P)CC(=O)O. The highest BCUT2D eigenvalue weighted by atomic mass is 31.0. The number of rotatable bonds is 4. The maximum Gasteiger partial charge on any atom is 0.318 e. The summed E-state index contributed by atoms with van der Waals surface area (Å²) in [6.45, 7) is 4.08. The van der Waals surface area contributed by atoms with E-state index in [4.69, 9.17) is 5.11 Å². The van der Waals surface area contributed by atoms with Crippen LogP contribution in [0.1, 0.15) is 0 Å². The largest absolute Gasteiger partial charge is 0.480 e. The van der Waals surface area contributed by atoms with Gasteiger partial charge in [0.2, 0.25) is 0 Å². The fourth-order valence-electron chi connectivity index (χ4n) is 0.404. The van der Waals surface area contributed by atoms with Crippen molar-refractivity contribution in [2.24, 2.45) is 0 Å². The van der Waals surface area contributed by atoms with Gasteiger partial charge in [0.1, 0.15) is 6.54 Å². The lowest BCUT2D eigenvalue weighted by Gasteiger charge is -2.08. The molecule has 0 fully saturated rings. The van der Waals surface area contributed by atoms with Crippen molar-refractivity contribution in [2.75, 3.05) is 13.1 Å². The summed E-state index contributed by atoms with van der Waals surface area (Å²) < 4.78 is 1.58. The minimum atomic E-state index is -0.827. The van der Waals surface area contributed by atoms with Crippen LogP contribution in [0.5, 0.6) is 0 Å². The van der Waals surface area contributed by atoms with Crippen LogP contribution in [-0.2, 0) is 4.79 Å². The van der Waals surface area contributed by atoms with Crippen molar-refractivity contribution in [1.29, 1.82) is 0 Å². The molecule has 0 saturated heterocycles. The Morgan fingerprint density at radius 3 is 2.78 bits per heavy atom. The molecule has 0 aromatic heterocycles. The van der Waals surface area contributed by atoms with Gasteiger partial charge in [0, 0.05) is 6.54 Å². The van der Waals surface area contributed by atoms with Crippen LogP contribution in [0.2, 0.25) is 0 Å². The van der Waals surface area contributed by atoms with Crippen LogP contribution in [-0.4, -0.2) is 28.8 Å². The molecule has 1 atom stereocenters. The van der Waals surface area contributed by atoms with E-state index < -0.39 is 5.97 Å². The number of nitrogens with zero attached hydrogens (tertiary/aromatic N) is 1. The van der Waals surface area contributed by atoms with E-state index in [0.29, 0.717) is 6.54 Å². The Morgan fingerprint density at radius 2 is 2.44 bits per heavy atom. The van der Waals surface area contributed by atoms with Crippen LogP contribution in [0.25, 0.3) is 0 Å². The lowest BCUT2D eigenvalue weighted by molar-refractivity contribution is -0.137. The van der Waals surface area contributed by atoms with E-state index in [-0.39, 0.29) is 6.54 Å². The lowest BCUT2D eigenvalue weighted by atomic mass is 10.6. The molecule has 4 heteroatoms. The van der Waals surface area contributed by atoms with Crippen LogP contribution in [0.15, 0.2) is 12.7 Å². The number of hydrogen-bond acceptors (Lipinski definition) is 2. The van der Waals surface area contributed by atoms with Crippen molar-refractivity contribution < 1.29 is 9.90 Å². The van der Waals surface area contributed by atoms with Gasteiger partial charge in [-0.1, -0.05) is 15.5 Å². The van der Waals surface area contributed by atoms with Gasteiger partial charge >= 0.3 is 5.97 Å². The average Bonchev–Trinajstić information content (AvgIpc) is 1.63. The van der Waals surface area contributed by atoms with E-state index in [9.17, 15) is 4.79 Å². The summed E-state index contributed by atoms with van der Waals surface area (Å²) in [4.78, 5) is 10.00. The van der Waals surface area contributed by atoms with E-state index in [0.717, 1.165) is 0 Å². The predicted octanol–water partition coefficient (Wildman–Crippen LogP) is 0.349. The smallest absolute Gasteiger partial charge is 0.318 e. The standard InChI is InChI=1S/C5H10NO2P/c1-2-3-6(9)4-5(7)8/h2H,1,3-4,9H2,(H,7,8). The molecule has 0 rings (SSSR count). The first kappa shape index (κ1) is 8.60. The van der Waals surface area contributed by atoms with Gasteiger partial charge in [-0.2, -0.15) is 0 Å². The van der Waals surface area contributed by atoms with Crippen LogP contribution in [0.4, 0.5) is 0 Å². The molecular weight excluding hydrogens is 137 g/mol. The molecular formula is C5H10NO2P. The molecule has 0 aliphatic heterocycles. The van der Waals surface area contributed by atoms with Crippen molar-refractivity contribution in [3.05, 3.63) is 12.7 Å². The van der Waals surface area contributed by atoms with Gasteiger partial charge in [-0.25, -0.2) is 0 Å². The Morgan fingerprint density at radius 1 is 1.89 bits per heavy atom. The maximum absolute atomic E-state index is 10.00. The first-order valence-corrected chi connectivity index (χ1v) is 3.00. The molecule has 3 nitrogen and oxygen atoms in total. The molecule has 0 aromatic carbocycles. The topological polar surface area (TPSA) is 40.5 Å². The van der Waals surface area contributed by atoms with E-state index in [1.807, 2.05) is 0 Å². The third-order valence-electron chi connectivity index (χ3n) is 0.702. The summed E-state index contributed by atoms with van der Waals surface area (Å²) in [6.07, 6.45) is 1.65. The van der Waals surface area contributed by atoms with Gasteiger partial charge in [0.15, 0.2) is 0 Å². The van der Waals surface area contributed by atoms with Gasteiger partial charge in [-0.15, -0.1) is 6.58 Å². The van der Waals surface area contributed by atoms with Gasteiger partial charge in [-0.3, -0.25) is 9.46 Å². The van der Waals surface area contributed by atoms with E-state index in [2.05, 4.69) is 16.0 Å². The lowest BCUT2D eigenvalue weighted by Crippen LogP contribution is -2.19. The predicted molar refractivity (Wildman–Crippen MR) is 39.1 cm³/mol. The average molecular weight is 147 g/mol. The Bertz CT molecular complexity index is 116.